The molecular formula is C25H25N5O4S. The van der Waals surface area contributed by atoms with Crippen LogP contribution in [0.5, 0.6) is 0 Å². The van der Waals surface area contributed by atoms with Crippen LogP contribution >= 0.6 is 0 Å². The molecule has 0 saturated carbocycles. The lowest BCUT2D eigenvalue weighted by Gasteiger charge is -2.33. The molecule has 1 unspecified atom stereocenters. The number of hydrogen-bond donors (Lipinski definition) is 1. The Balaban J connectivity index is 1.37. The molecule has 0 radical (unpaired) electrons. The van der Waals surface area contributed by atoms with Crippen molar-refractivity contribution in [2.75, 3.05) is 29.9 Å². The zero-order chi connectivity index (χ0) is 24.4. The number of rotatable bonds is 6. The molecule has 2 aromatic carbocycles. The minimum absolute atomic E-state index is 0.0346. The second kappa shape index (κ2) is 9.47. The van der Waals surface area contributed by atoms with Gasteiger partial charge in [0.2, 0.25) is 5.91 Å². The summed E-state index contributed by atoms with van der Waals surface area (Å²) >= 11 is 0. The van der Waals surface area contributed by atoms with E-state index in [1.807, 2.05) is 59.5 Å². The van der Waals surface area contributed by atoms with E-state index in [4.69, 9.17) is 0 Å². The third-order valence-electron chi connectivity index (χ3n) is 6.12. The second-order valence-corrected chi connectivity index (χ2v) is 10.9. The number of nitrogens with one attached hydrogen (secondary N) is 1. The molecule has 1 atom stereocenters. The number of fused-ring (bicyclic) bond motifs is 1. The van der Waals surface area contributed by atoms with E-state index >= 15 is 0 Å². The monoisotopic (exact) mass is 491 g/mol. The molecule has 1 fully saturated rings. The number of aromatic nitrogens is 3. The highest BCUT2D eigenvalue weighted by Crippen LogP contribution is 2.25. The predicted molar refractivity (Wildman–Crippen MR) is 133 cm³/mol. The van der Waals surface area contributed by atoms with E-state index < -0.39 is 15.9 Å². The van der Waals surface area contributed by atoms with Gasteiger partial charge in [0, 0.05) is 25.0 Å². The first-order chi connectivity index (χ1) is 16.9. The Kier molecular flexibility index (Phi) is 6.23. The summed E-state index contributed by atoms with van der Waals surface area (Å²) in [6.07, 6.45) is 1.67. The molecule has 1 saturated heterocycles. The van der Waals surface area contributed by atoms with Gasteiger partial charge in [-0.3, -0.25) is 14.1 Å². The number of pyridine rings is 1. The van der Waals surface area contributed by atoms with Crippen LogP contribution in [-0.2, 0) is 21.2 Å². The topological polar surface area (TPSA) is 106 Å². The Labute approximate surface area is 202 Å². The van der Waals surface area contributed by atoms with Gasteiger partial charge < -0.3 is 5.32 Å². The molecule has 35 heavy (non-hydrogen) atoms. The van der Waals surface area contributed by atoms with Crippen molar-refractivity contribution in [3.63, 3.8) is 0 Å². The van der Waals surface area contributed by atoms with E-state index in [1.165, 1.54) is 9.08 Å². The van der Waals surface area contributed by atoms with Gasteiger partial charge in [0.1, 0.15) is 6.04 Å². The number of carbonyl (C=O) groups excluding carboxylic acids is 1. The Bertz CT molecular complexity index is 1510. The van der Waals surface area contributed by atoms with Gasteiger partial charge >= 0.3 is 5.69 Å². The molecule has 9 nitrogen and oxygen atoms in total. The lowest BCUT2D eigenvalue weighted by Crippen LogP contribution is -2.46. The van der Waals surface area contributed by atoms with Crippen LogP contribution in [0.4, 0.5) is 5.69 Å². The minimum atomic E-state index is -3.07. The molecular weight excluding hydrogens is 466 g/mol. The second-order valence-electron chi connectivity index (χ2n) is 8.56. The number of nitrogens with zero attached hydrogens (tertiary/aromatic N) is 4. The third kappa shape index (κ3) is 5.03. The molecule has 3 heterocycles. The summed E-state index contributed by atoms with van der Waals surface area (Å²) in [4.78, 5) is 28.0. The number of benzene rings is 2. The SMILES string of the molecule is O=C(Nc1cccc(Cn2nc3ccccn3c2=O)c1)C(c1ccccc1)N1CCS(=O)(=O)CC1. The largest absolute Gasteiger partial charge is 0.350 e. The molecule has 180 valence electrons. The average Bonchev–Trinajstić information content (AvgIpc) is 3.16. The standard InChI is InChI=1S/C25H25N5O4S/c31-24(23(20-8-2-1-3-9-20)28-13-15-35(33,34)16-14-28)26-21-10-6-7-19(17-21)18-30-25(32)29-12-5-4-11-22(29)27-30/h1-12,17,23H,13-16,18H2,(H,26,31). The zero-order valence-corrected chi connectivity index (χ0v) is 19.8. The normalized spacial score (nSPS) is 16.7. The van der Waals surface area contributed by atoms with E-state index in [0.717, 1.165) is 11.1 Å². The lowest BCUT2D eigenvalue weighted by atomic mass is 10.0. The van der Waals surface area contributed by atoms with Crippen molar-refractivity contribution in [1.29, 1.82) is 0 Å². The molecule has 2 aromatic heterocycles. The van der Waals surface area contributed by atoms with Gasteiger partial charge in [-0.25, -0.2) is 17.9 Å². The maximum atomic E-state index is 13.4. The lowest BCUT2D eigenvalue weighted by molar-refractivity contribution is -0.121. The number of carbonyl (C=O) groups is 1. The molecule has 1 aliphatic heterocycles. The smallest absolute Gasteiger partial charge is 0.324 e. The maximum absolute atomic E-state index is 13.4. The Morgan fingerprint density at radius 1 is 0.971 bits per heavy atom. The van der Waals surface area contributed by atoms with Gasteiger partial charge in [-0.15, -0.1) is 5.10 Å². The first-order valence-electron chi connectivity index (χ1n) is 11.3. The first-order valence-corrected chi connectivity index (χ1v) is 13.2. The van der Waals surface area contributed by atoms with E-state index in [-0.39, 0.29) is 29.6 Å². The maximum Gasteiger partial charge on any atom is 0.350 e. The highest BCUT2D eigenvalue weighted by Gasteiger charge is 2.32. The van der Waals surface area contributed by atoms with Crippen molar-refractivity contribution in [3.8, 4) is 0 Å². The molecule has 1 aliphatic rings. The Morgan fingerprint density at radius 3 is 2.46 bits per heavy atom. The fraction of sp³-hybridized carbons (Fsp3) is 0.240. The van der Waals surface area contributed by atoms with Gasteiger partial charge in [-0.2, -0.15) is 0 Å². The van der Waals surface area contributed by atoms with Gasteiger partial charge in [-0.1, -0.05) is 48.5 Å². The van der Waals surface area contributed by atoms with Crippen LogP contribution in [-0.4, -0.2) is 58.0 Å². The summed E-state index contributed by atoms with van der Waals surface area (Å²) in [5.41, 5.74) is 2.54. The van der Waals surface area contributed by atoms with Crippen molar-refractivity contribution in [1.82, 2.24) is 19.1 Å². The van der Waals surface area contributed by atoms with Gasteiger partial charge in [0.05, 0.1) is 18.1 Å². The van der Waals surface area contributed by atoms with E-state index in [2.05, 4.69) is 10.4 Å². The molecule has 4 aromatic rings. The average molecular weight is 492 g/mol. The van der Waals surface area contributed by atoms with Crippen LogP contribution in [0.15, 0.2) is 83.8 Å². The zero-order valence-electron chi connectivity index (χ0n) is 18.9. The van der Waals surface area contributed by atoms with Crippen LogP contribution in [0, 0.1) is 0 Å². The van der Waals surface area contributed by atoms with Crippen LogP contribution in [0.2, 0.25) is 0 Å². The summed E-state index contributed by atoms with van der Waals surface area (Å²) in [5.74, 6) is -0.169. The fourth-order valence-corrected chi connectivity index (χ4v) is 5.58. The molecule has 0 bridgehead atoms. The summed E-state index contributed by atoms with van der Waals surface area (Å²) in [6, 6.07) is 21.4. The minimum Gasteiger partial charge on any atom is -0.324 e. The molecule has 1 N–H and O–H groups in total. The number of hydrogen-bond acceptors (Lipinski definition) is 6. The van der Waals surface area contributed by atoms with Crippen molar-refractivity contribution in [3.05, 3.63) is 101 Å². The molecule has 10 heteroatoms. The van der Waals surface area contributed by atoms with E-state index in [0.29, 0.717) is 24.4 Å². The quantitative estimate of drug-likeness (QED) is 0.442. The van der Waals surface area contributed by atoms with Gasteiger partial charge in [0.15, 0.2) is 15.5 Å². The molecule has 0 aliphatic carbocycles. The number of anilines is 1. The van der Waals surface area contributed by atoms with Crippen LogP contribution < -0.4 is 11.0 Å². The Hall–Kier alpha value is -3.76. The highest BCUT2D eigenvalue weighted by atomic mass is 32.2. The van der Waals surface area contributed by atoms with Crippen molar-refractivity contribution >= 4 is 27.1 Å². The summed E-state index contributed by atoms with van der Waals surface area (Å²) in [5, 5.41) is 7.35. The van der Waals surface area contributed by atoms with Crippen LogP contribution in [0.3, 0.4) is 0 Å². The van der Waals surface area contributed by atoms with Crippen molar-refractivity contribution in [2.45, 2.75) is 12.6 Å². The van der Waals surface area contributed by atoms with E-state index in [9.17, 15) is 18.0 Å². The summed E-state index contributed by atoms with van der Waals surface area (Å²) in [7, 11) is -3.07. The van der Waals surface area contributed by atoms with Crippen molar-refractivity contribution in [2.24, 2.45) is 0 Å². The summed E-state index contributed by atoms with van der Waals surface area (Å²) in [6.45, 7) is 0.856. The molecule has 5 rings (SSSR count). The molecule has 0 spiro atoms. The van der Waals surface area contributed by atoms with E-state index in [1.54, 1.807) is 24.4 Å². The third-order valence-corrected chi connectivity index (χ3v) is 7.73. The fourth-order valence-electron chi connectivity index (χ4n) is 4.35. The highest BCUT2D eigenvalue weighted by molar-refractivity contribution is 7.91. The van der Waals surface area contributed by atoms with Crippen LogP contribution in [0.1, 0.15) is 17.2 Å². The predicted octanol–water partition coefficient (Wildman–Crippen LogP) is 1.95. The van der Waals surface area contributed by atoms with Gasteiger partial charge in [0.25, 0.3) is 0 Å². The first kappa shape index (κ1) is 23.0. The van der Waals surface area contributed by atoms with Crippen molar-refractivity contribution < 1.29 is 13.2 Å². The van der Waals surface area contributed by atoms with Gasteiger partial charge in [-0.05, 0) is 35.4 Å². The number of sulfone groups is 1. The Morgan fingerprint density at radius 2 is 1.71 bits per heavy atom. The summed E-state index contributed by atoms with van der Waals surface area (Å²) < 4.78 is 26.7. The van der Waals surface area contributed by atoms with Crippen LogP contribution in [0.25, 0.3) is 5.65 Å². The number of amides is 1. The molecule has 1 amide bonds.